The third-order valence-electron chi connectivity index (χ3n) is 4.17. The highest BCUT2D eigenvalue weighted by Gasteiger charge is 2.33. The van der Waals surface area contributed by atoms with E-state index >= 15 is 0 Å². The number of thiazole rings is 1. The predicted octanol–water partition coefficient (Wildman–Crippen LogP) is 3.92. The van der Waals surface area contributed by atoms with Gasteiger partial charge in [0.05, 0.1) is 18.7 Å². The Balaban J connectivity index is 1.54. The Morgan fingerprint density at radius 2 is 2.29 bits per heavy atom. The first kappa shape index (κ1) is 15.6. The number of fused-ring (bicyclic) bond motifs is 1. The number of imidazole rings is 1. The summed E-state index contributed by atoms with van der Waals surface area (Å²) in [5, 5.41) is 2.31. The van der Waals surface area contributed by atoms with Crippen LogP contribution in [0.5, 0.6) is 0 Å². The molecule has 0 bridgehead atoms. The van der Waals surface area contributed by atoms with Crippen LogP contribution in [0.3, 0.4) is 0 Å². The summed E-state index contributed by atoms with van der Waals surface area (Å²) in [4.78, 5) is 19.8. The number of hydrogen-bond donors (Lipinski definition) is 0. The van der Waals surface area contributed by atoms with Gasteiger partial charge < -0.3 is 4.90 Å². The summed E-state index contributed by atoms with van der Waals surface area (Å²) < 4.78 is 16.0. The summed E-state index contributed by atoms with van der Waals surface area (Å²) >= 11 is 7.64. The average molecular weight is 364 g/mol. The van der Waals surface area contributed by atoms with Crippen molar-refractivity contribution in [3.8, 4) is 0 Å². The number of rotatable bonds is 5. The Morgan fingerprint density at radius 3 is 3.00 bits per heavy atom. The van der Waals surface area contributed by atoms with Crippen LogP contribution in [0.1, 0.15) is 24.1 Å². The van der Waals surface area contributed by atoms with E-state index in [0.717, 1.165) is 23.5 Å². The molecule has 1 saturated carbocycles. The number of nitrogens with zero attached hydrogens (tertiary/aromatic N) is 3. The van der Waals surface area contributed by atoms with Gasteiger partial charge in [0.2, 0.25) is 5.91 Å². The zero-order valence-corrected chi connectivity index (χ0v) is 14.4. The first-order chi connectivity index (χ1) is 11.6. The quantitative estimate of drug-likeness (QED) is 0.689. The fourth-order valence-corrected chi connectivity index (χ4v) is 3.72. The highest BCUT2D eigenvalue weighted by molar-refractivity contribution is 7.15. The molecule has 0 aliphatic heterocycles. The largest absolute Gasteiger partial charge is 0.335 e. The first-order valence-corrected chi connectivity index (χ1v) is 9.01. The molecular formula is C17H15ClFN3OS. The molecule has 24 heavy (non-hydrogen) atoms. The molecule has 0 saturated heterocycles. The number of benzene rings is 1. The zero-order valence-electron chi connectivity index (χ0n) is 12.8. The number of carbonyl (C=O) groups is 1. The summed E-state index contributed by atoms with van der Waals surface area (Å²) in [5.41, 5.74) is 1.11. The third kappa shape index (κ3) is 3.03. The van der Waals surface area contributed by atoms with Crippen LogP contribution in [0.2, 0.25) is 5.02 Å². The van der Waals surface area contributed by atoms with Gasteiger partial charge >= 0.3 is 0 Å². The van der Waals surface area contributed by atoms with Gasteiger partial charge in [0.25, 0.3) is 0 Å². The Labute approximate surface area is 147 Å². The van der Waals surface area contributed by atoms with Gasteiger partial charge in [-0.3, -0.25) is 9.20 Å². The van der Waals surface area contributed by atoms with Crippen molar-refractivity contribution in [1.82, 2.24) is 14.3 Å². The molecule has 3 aromatic rings. The summed E-state index contributed by atoms with van der Waals surface area (Å²) in [6, 6.07) is 4.78. The summed E-state index contributed by atoms with van der Waals surface area (Å²) in [5.74, 6) is -0.411. The fourth-order valence-electron chi connectivity index (χ4n) is 2.78. The minimum Gasteiger partial charge on any atom is -0.335 e. The van der Waals surface area contributed by atoms with E-state index in [4.69, 9.17) is 11.6 Å². The Bertz CT molecular complexity index is 854. The second kappa shape index (κ2) is 6.18. The molecule has 1 aliphatic rings. The van der Waals surface area contributed by atoms with Gasteiger partial charge in [-0.15, -0.1) is 11.3 Å². The smallest absolute Gasteiger partial charge is 0.229 e. The standard InChI is InChI=1S/C17H15ClFN3OS/c18-14-2-1-3-15(19)13(14)10-22(12-4-5-12)16(23)8-11-9-21-6-7-24-17(21)20-11/h1-3,6-7,9,12H,4-5,8,10H2. The van der Waals surface area contributed by atoms with Crippen molar-refractivity contribution in [1.29, 1.82) is 0 Å². The van der Waals surface area contributed by atoms with Gasteiger partial charge in [-0.2, -0.15) is 0 Å². The molecule has 124 valence electrons. The lowest BCUT2D eigenvalue weighted by molar-refractivity contribution is -0.131. The number of amides is 1. The molecule has 0 radical (unpaired) electrons. The van der Waals surface area contributed by atoms with E-state index in [1.165, 1.54) is 17.4 Å². The van der Waals surface area contributed by atoms with Crippen LogP contribution in [0.4, 0.5) is 4.39 Å². The lowest BCUT2D eigenvalue weighted by Gasteiger charge is -2.23. The second-order valence-electron chi connectivity index (χ2n) is 5.95. The van der Waals surface area contributed by atoms with Crippen molar-refractivity contribution in [3.63, 3.8) is 0 Å². The summed E-state index contributed by atoms with van der Waals surface area (Å²) in [6.45, 7) is 0.206. The van der Waals surface area contributed by atoms with Crippen LogP contribution in [0.15, 0.2) is 36.0 Å². The third-order valence-corrected chi connectivity index (χ3v) is 5.30. The molecule has 0 atom stereocenters. The molecule has 2 heterocycles. The minimum absolute atomic E-state index is 0.0393. The molecule has 4 nitrogen and oxygen atoms in total. The van der Waals surface area contributed by atoms with Gasteiger partial charge in [0, 0.05) is 34.4 Å². The number of halogens is 2. The molecule has 1 aliphatic carbocycles. The maximum Gasteiger partial charge on any atom is 0.229 e. The highest BCUT2D eigenvalue weighted by Crippen LogP contribution is 2.31. The van der Waals surface area contributed by atoms with Gasteiger partial charge in [-0.25, -0.2) is 9.37 Å². The maximum atomic E-state index is 14.0. The van der Waals surface area contributed by atoms with E-state index in [1.54, 1.807) is 17.0 Å². The molecule has 2 aromatic heterocycles. The Hall–Kier alpha value is -1.92. The van der Waals surface area contributed by atoms with Gasteiger partial charge in [0.15, 0.2) is 4.96 Å². The highest BCUT2D eigenvalue weighted by atomic mass is 35.5. The molecule has 1 amide bonds. The SMILES string of the molecule is O=C(Cc1cn2ccsc2n1)N(Cc1c(F)cccc1Cl)C1CC1. The van der Waals surface area contributed by atoms with E-state index in [2.05, 4.69) is 4.98 Å². The van der Waals surface area contributed by atoms with Crippen LogP contribution in [0, 0.1) is 5.82 Å². The summed E-state index contributed by atoms with van der Waals surface area (Å²) in [7, 11) is 0. The van der Waals surface area contributed by atoms with Crippen LogP contribution in [-0.4, -0.2) is 26.2 Å². The lowest BCUT2D eigenvalue weighted by atomic mass is 10.1. The number of carbonyl (C=O) groups excluding carboxylic acids is 1. The van der Waals surface area contributed by atoms with Gasteiger partial charge in [0.1, 0.15) is 5.82 Å². The van der Waals surface area contributed by atoms with E-state index in [-0.39, 0.29) is 30.7 Å². The van der Waals surface area contributed by atoms with Crippen molar-refractivity contribution < 1.29 is 9.18 Å². The Morgan fingerprint density at radius 1 is 1.46 bits per heavy atom. The van der Waals surface area contributed by atoms with Crippen LogP contribution >= 0.6 is 22.9 Å². The van der Waals surface area contributed by atoms with Crippen molar-refractivity contribution in [2.45, 2.75) is 31.8 Å². The van der Waals surface area contributed by atoms with Crippen molar-refractivity contribution in [2.24, 2.45) is 0 Å². The zero-order chi connectivity index (χ0) is 16.7. The predicted molar refractivity (Wildman–Crippen MR) is 91.8 cm³/mol. The lowest BCUT2D eigenvalue weighted by Crippen LogP contribution is -2.34. The number of hydrogen-bond acceptors (Lipinski definition) is 3. The molecular weight excluding hydrogens is 349 g/mol. The maximum absolute atomic E-state index is 14.0. The molecule has 0 N–H and O–H groups in total. The van der Waals surface area contributed by atoms with E-state index in [1.807, 2.05) is 22.2 Å². The molecule has 7 heteroatoms. The molecule has 0 spiro atoms. The average Bonchev–Trinajstić information content (AvgIpc) is 3.16. The van der Waals surface area contributed by atoms with Crippen LogP contribution in [-0.2, 0) is 17.8 Å². The molecule has 4 rings (SSSR count). The van der Waals surface area contributed by atoms with E-state index < -0.39 is 0 Å². The van der Waals surface area contributed by atoms with E-state index in [9.17, 15) is 9.18 Å². The van der Waals surface area contributed by atoms with Crippen LogP contribution in [0.25, 0.3) is 4.96 Å². The molecule has 0 unspecified atom stereocenters. The minimum atomic E-state index is -0.372. The van der Waals surface area contributed by atoms with Gasteiger partial charge in [-0.05, 0) is 25.0 Å². The van der Waals surface area contributed by atoms with Crippen molar-refractivity contribution in [2.75, 3.05) is 0 Å². The normalized spacial score (nSPS) is 14.2. The van der Waals surface area contributed by atoms with Crippen molar-refractivity contribution >= 4 is 33.8 Å². The number of aromatic nitrogens is 2. The van der Waals surface area contributed by atoms with Crippen LogP contribution < -0.4 is 0 Å². The van der Waals surface area contributed by atoms with Gasteiger partial charge in [-0.1, -0.05) is 17.7 Å². The topological polar surface area (TPSA) is 37.6 Å². The Kier molecular flexibility index (Phi) is 4.02. The second-order valence-corrected chi connectivity index (χ2v) is 7.24. The first-order valence-electron chi connectivity index (χ1n) is 7.75. The van der Waals surface area contributed by atoms with E-state index in [0.29, 0.717) is 10.6 Å². The summed E-state index contributed by atoms with van der Waals surface area (Å²) in [6.07, 6.45) is 5.91. The monoisotopic (exact) mass is 363 g/mol. The molecule has 1 fully saturated rings. The molecule has 1 aromatic carbocycles. The fraction of sp³-hybridized carbons (Fsp3) is 0.294. The van der Waals surface area contributed by atoms with Crippen molar-refractivity contribution in [3.05, 3.63) is 58.1 Å².